The Labute approximate surface area is 134 Å². The fourth-order valence-corrected chi connectivity index (χ4v) is 3.56. The topological polar surface area (TPSA) is 75.9 Å². The van der Waals surface area contributed by atoms with E-state index >= 15 is 0 Å². The van der Waals surface area contributed by atoms with E-state index in [0.29, 0.717) is 12.5 Å². The second-order valence-electron chi connectivity index (χ2n) is 6.45. The third-order valence-corrected chi connectivity index (χ3v) is 4.84. The molecule has 2 aliphatic heterocycles. The zero-order chi connectivity index (χ0) is 15.9. The Morgan fingerprint density at radius 1 is 1.26 bits per heavy atom. The lowest BCUT2D eigenvalue weighted by Gasteiger charge is -2.38. The minimum Gasteiger partial charge on any atom is -0.356 e. The summed E-state index contributed by atoms with van der Waals surface area (Å²) in [5.41, 5.74) is 1.55. The largest absolute Gasteiger partial charge is 0.356 e. The number of aryl methyl sites for hydroxylation is 1. The number of carbonyl (C=O) groups excluding carboxylic acids is 1. The normalized spacial score (nSPS) is 24.2. The van der Waals surface area contributed by atoms with E-state index in [1.54, 1.807) is 17.1 Å². The third kappa shape index (κ3) is 2.46. The number of amides is 1. The van der Waals surface area contributed by atoms with Crippen LogP contribution in [0.25, 0.3) is 5.69 Å². The maximum atomic E-state index is 12.2. The number of nitrogens with zero attached hydrogens (tertiary/aromatic N) is 5. The Morgan fingerprint density at radius 3 is 2.74 bits per heavy atom. The smallest absolute Gasteiger partial charge is 0.228 e. The Hall–Kier alpha value is -2.44. The highest BCUT2D eigenvalue weighted by atomic mass is 16.2. The molecule has 23 heavy (non-hydrogen) atoms. The minimum atomic E-state index is -0.251. The van der Waals surface area contributed by atoms with Gasteiger partial charge in [0.1, 0.15) is 5.69 Å². The molecule has 1 atom stereocenters. The molecular formula is C16H20N6O. The van der Waals surface area contributed by atoms with Crippen molar-refractivity contribution in [2.45, 2.75) is 26.2 Å². The van der Waals surface area contributed by atoms with Crippen LogP contribution in [0, 0.1) is 12.3 Å². The van der Waals surface area contributed by atoms with Crippen molar-refractivity contribution in [1.29, 1.82) is 0 Å². The summed E-state index contributed by atoms with van der Waals surface area (Å²) in [6.07, 6.45) is 8.33. The summed E-state index contributed by atoms with van der Waals surface area (Å²) in [4.78, 5) is 23.3. The summed E-state index contributed by atoms with van der Waals surface area (Å²) in [7, 11) is 0. The number of hydrogen-bond acceptors (Lipinski definition) is 5. The molecule has 4 heterocycles. The van der Waals surface area contributed by atoms with Crippen molar-refractivity contribution < 1.29 is 4.79 Å². The zero-order valence-corrected chi connectivity index (χ0v) is 13.2. The molecule has 2 saturated heterocycles. The monoisotopic (exact) mass is 312 g/mol. The first-order chi connectivity index (χ1) is 11.2. The number of hydrogen-bond donors (Lipinski definition) is 1. The van der Waals surface area contributed by atoms with E-state index in [1.807, 2.05) is 19.2 Å². The molecule has 2 aromatic rings. The Balaban J connectivity index is 1.55. The molecule has 2 aliphatic rings. The van der Waals surface area contributed by atoms with E-state index in [2.05, 4.69) is 25.3 Å². The van der Waals surface area contributed by atoms with Crippen LogP contribution in [0.2, 0.25) is 0 Å². The maximum absolute atomic E-state index is 12.2. The van der Waals surface area contributed by atoms with Crippen molar-refractivity contribution in [3.63, 3.8) is 0 Å². The highest BCUT2D eigenvalue weighted by Crippen LogP contribution is 2.37. The van der Waals surface area contributed by atoms with E-state index in [9.17, 15) is 4.79 Å². The number of aromatic nitrogens is 4. The van der Waals surface area contributed by atoms with Crippen LogP contribution in [0.15, 0.2) is 24.7 Å². The van der Waals surface area contributed by atoms with Gasteiger partial charge in [-0.3, -0.25) is 4.79 Å². The molecule has 7 nitrogen and oxygen atoms in total. The molecular weight excluding hydrogens is 292 g/mol. The van der Waals surface area contributed by atoms with Gasteiger partial charge in [0.15, 0.2) is 0 Å². The number of carbonyl (C=O) groups is 1. The fraction of sp³-hybridized carbons (Fsp3) is 0.500. The molecule has 0 bridgehead atoms. The van der Waals surface area contributed by atoms with E-state index in [4.69, 9.17) is 0 Å². The quantitative estimate of drug-likeness (QED) is 0.898. The number of anilines is 1. The number of piperidine rings is 1. The van der Waals surface area contributed by atoms with Gasteiger partial charge in [0.25, 0.3) is 0 Å². The summed E-state index contributed by atoms with van der Waals surface area (Å²) in [5.74, 6) is 0.877. The zero-order valence-electron chi connectivity index (χ0n) is 13.2. The van der Waals surface area contributed by atoms with E-state index in [0.717, 1.165) is 43.7 Å². The van der Waals surface area contributed by atoms with E-state index < -0.39 is 0 Å². The molecule has 2 fully saturated rings. The van der Waals surface area contributed by atoms with Crippen LogP contribution in [-0.2, 0) is 4.79 Å². The Kier molecular flexibility index (Phi) is 3.28. The second-order valence-corrected chi connectivity index (χ2v) is 6.45. The first kappa shape index (κ1) is 14.2. The van der Waals surface area contributed by atoms with Gasteiger partial charge in [0.2, 0.25) is 11.9 Å². The number of nitrogens with one attached hydrogen (secondary N) is 1. The predicted molar refractivity (Wildman–Crippen MR) is 85.4 cm³/mol. The Morgan fingerprint density at radius 2 is 2.09 bits per heavy atom. The van der Waals surface area contributed by atoms with Crippen molar-refractivity contribution in [3.8, 4) is 5.69 Å². The van der Waals surface area contributed by atoms with Crippen LogP contribution in [0.3, 0.4) is 0 Å². The predicted octanol–water partition coefficient (Wildman–Crippen LogP) is 1.08. The standard InChI is InChI=1S/C16H20N6O/c1-12-3-8-22(20-12)13-9-18-15(19-10-13)21-7-2-4-16(11-21)5-6-17-14(16)23/h3,8-10H,2,4-7,11H2,1H3,(H,17,23). The second kappa shape index (κ2) is 5.33. The first-order valence-electron chi connectivity index (χ1n) is 8.04. The summed E-state index contributed by atoms with van der Waals surface area (Å²) < 4.78 is 1.77. The van der Waals surface area contributed by atoms with E-state index in [1.165, 1.54) is 0 Å². The molecule has 0 aromatic carbocycles. The van der Waals surface area contributed by atoms with Crippen molar-refractivity contribution in [2.75, 3.05) is 24.5 Å². The van der Waals surface area contributed by atoms with Crippen molar-refractivity contribution in [1.82, 2.24) is 25.1 Å². The van der Waals surface area contributed by atoms with Gasteiger partial charge >= 0.3 is 0 Å². The molecule has 1 spiro atoms. The minimum absolute atomic E-state index is 0.186. The lowest BCUT2D eigenvalue weighted by atomic mass is 9.78. The van der Waals surface area contributed by atoms with Gasteiger partial charge in [0, 0.05) is 25.8 Å². The number of rotatable bonds is 2. The van der Waals surface area contributed by atoms with Gasteiger partial charge in [-0.1, -0.05) is 0 Å². The molecule has 1 amide bonds. The molecule has 0 radical (unpaired) electrons. The molecule has 1 N–H and O–H groups in total. The third-order valence-electron chi connectivity index (χ3n) is 4.84. The molecule has 4 rings (SSSR count). The van der Waals surface area contributed by atoms with Crippen LogP contribution in [-0.4, -0.2) is 45.3 Å². The van der Waals surface area contributed by atoms with Gasteiger partial charge in [0.05, 0.1) is 23.5 Å². The lowest BCUT2D eigenvalue weighted by Crippen LogP contribution is -2.47. The fourth-order valence-electron chi connectivity index (χ4n) is 3.56. The molecule has 1 unspecified atom stereocenters. The Bertz CT molecular complexity index is 724. The maximum Gasteiger partial charge on any atom is 0.228 e. The highest BCUT2D eigenvalue weighted by molar-refractivity contribution is 5.85. The van der Waals surface area contributed by atoms with Gasteiger partial charge in [-0.15, -0.1) is 0 Å². The summed E-state index contributed by atoms with van der Waals surface area (Å²) in [6, 6.07) is 1.95. The average Bonchev–Trinajstić information content (AvgIpc) is 3.15. The SMILES string of the molecule is Cc1ccn(-c2cnc(N3CCCC4(CCNC4=O)C3)nc2)n1. The van der Waals surface area contributed by atoms with Crippen LogP contribution in [0.1, 0.15) is 25.0 Å². The first-order valence-corrected chi connectivity index (χ1v) is 8.04. The lowest BCUT2D eigenvalue weighted by molar-refractivity contribution is -0.128. The van der Waals surface area contributed by atoms with E-state index in [-0.39, 0.29) is 11.3 Å². The molecule has 0 aliphatic carbocycles. The van der Waals surface area contributed by atoms with Crippen LogP contribution in [0.4, 0.5) is 5.95 Å². The van der Waals surface area contributed by atoms with Gasteiger partial charge in [-0.25, -0.2) is 14.6 Å². The summed E-state index contributed by atoms with van der Waals surface area (Å²) in [6.45, 7) is 4.34. The molecule has 2 aromatic heterocycles. The van der Waals surface area contributed by atoms with Crippen LogP contribution in [0.5, 0.6) is 0 Å². The van der Waals surface area contributed by atoms with Gasteiger partial charge in [-0.05, 0) is 32.3 Å². The van der Waals surface area contributed by atoms with Crippen molar-refractivity contribution >= 4 is 11.9 Å². The van der Waals surface area contributed by atoms with Crippen LogP contribution >= 0.6 is 0 Å². The summed E-state index contributed by atoms with van der Waals surface area (Å²) >= 11 is 0. The molecule has 7 heteroatoms. The van der Waals surface area contributed by atoms with Crippen LogP contribution < -0.4 is 10.2 Å². The molecule has 120 valence electrons. The average molecular weight is 312 g/mol. The van der Waals surface area contributed by atoms with Gasteiger partial charge < -0.3 is 10.2 Å². The molecule has 0 saturated carbocycles. The van der Waals surface area contributed by atoms with Gasteiger partial charge in [-0.2, -0.15) is 5.10 Å². The van der Waals surface area contributed by atoms with Crippen molar-refractivity contribution in [2.24, 2.45) is 5.41 Å². The highest BCUT2D eigenvalue weighted by Gasteiger charge is 2.45. The van der Waals surface area contributed by atoms with Crippen molar-refractivity contribution in [3.05, 3.63) is 30.4 Å². The summed E-state index contributed by atoms with van der Waals surface area (Å²) in [5, 5.41) is 7.33.